The molecule has 0 radical (unpaired) electrons. The minimum atomic E-state index is -3.54. The van der Waals surface area contributed by atoms with Crippen molar-refractivity contribution in [2.45, 2.75) is 63.5 Å². The second-order valence-electron chi connectivity index (χ2n) is 6.97. The van der Waals surface area contributed by atoms with Crippen LogP contribution in [0.3, 0.4) is 0 Å². The van der Waals surface area contributed by atoms with E-state index < -0.39 is 15.6 Å². The number of hydrogen-bond acceptors (Lipinski definition) is 4. The van der Waals surface area contributed by atoms with Crippen LogP contribution in [0.2, 0.25) is 0 Å². The molecule has 23 heavy (non-hydrogen) atoms. The fraction of sp³-hybridized carbons (Fsp3) is 0.812. The van der Waals surface area contributed by atoms with Gasteiger partial charge < -0.3 is 5.11 Å². The molecule has 0 unspecified atom stereocenters. The molecule has 0 spiro atoms. The summed E-state index contributed by atoms with van der Waals surface area (Å²) in [6.07, 6.45) is 5.08. The Bertz CT molecular complexity index is 685. The number of aryl methyl sites for hydroxylation is 2. The normalized spacial score (nSPS) is 32.2. The molecule has 2 heterocycles. The van der Waals surface area contributed by atoms with Gasteiger partial charge in [-0.2, -0.15) is 9.40 Å². The van der Waals surface area contributed by atoms with Gasteiger partial charge in [0.15, 0.2) is 0 Å². The molecular weight excluding hydrogens is 314 g/mol. The van der Waals surface area contributed by atoms with Gasteiger partial charge in [-0.15, -0.1) is 0 Å². The van der Waals surface area contributed by atoms with Gasteiger partial charge in [0.25, 0.3) is 0 Å². The van der Waals surface area contributed by atoms with Crippen LogP contribution in [0.25, 0.3) is 0 Å². The Balaban J connectivity index is 1.89. The van der Waals surface area contributed by atoms with Gasteiger partial charge in [-0.25, -0.2) is 8.42 Å². The summed E-state index contributed by atoms with van der Waals surface area (Å²) in [5, 5.41) is 15.1. The van der Waals surface area contributed by atoms with Gasteiger partial charge in [-0.1, -0.05) is 13.3 Å². The molecule has 1 aromatic heterocycles. The van der Waals surface area contributed by atoms with Crippen LogP contribution in [0.5, 0.6) is 0 Å². The lowest BCUT2D eigenvalue weighted by molar-refractivity contribution is -0.0605. The highest BCUT2D eigenvalue weighted by Gasteiger charge is 2.50. The Morgan fingerprint density at radius 1 is 1.39 bits per heavy atom. The Labute approximate surface area is 138 Å². The molecule has 6 nitrogen and oxygen atoms in total. The highest BCUT2D eigenvalue weighted by atomic mass is 32.2. The lowest BCUT2D eigenvalue weighted by Crippen LogP contribution is -2.44. The zero-order valence-corrected chi connectivity index (χ0v) is 15.0. The minimum Gasteiger partial charge on any atom is -0.390 e. The average molecular weight is 341 g/mol. The lowest BCUT2D eigenvalue weighted by atomic mass is 9.69. The van der Waals surface area contributed by atoms with E-state index in [1.807, 2.05) is 13.8 Å². The van der Waals surface area contributed by atoms with Crippen molar-refractivity contribution in [3.63, 3.8) is 0 Å². The number of aromatic nitrogens is 2. The summed E-state index contributed by atoms with van der Waals surface area (Å²) in [6.45, 7) is 7.27. The second-order valence-corrected chi connectivity index (χ2v) is 8.88. The maximum atomic E-state index is 13.0. The molecule has 7 heteroatoms. The van der Waals surface area contributed by atoms with Crippen LogP contribution in [0, 0.1) is 18.8 Å². The van der Waals surface area contributed by atoms with E-state index in [1.54, 1.807) is 22.1 Å². The first-order valence-corrected chi connectivity index (χ1v) is 10.0. The summed E-state index contributed by atoms with van der Waals surface area (Å²) in [6, 6.07) is 0. The van der Waals surface area contributed by atoms with Crippen molar-refractivity contribution in [1.29, 1.82) is 0 Å². The van der Waals surface area contributed by atoms with Crippen LogP contribution in [0.1, 0.15) is 45.2 Å². The molecule has 1 saturated heterocycles. The standard InChI is InChI=1S/C16H27N3O3S/c1-4-16(20)8-6-7-13-9-19(10-14(13)16)23(21,22)15-11-18(5-2)17-12(15)3/h11,13-14,20H,4-10H2,1-3H3/t13-,14+,16-/m1/s1. The van der Waals surface area contributed by atoms with E-state index in [2.05, 4.69) is 5.10 Å². The van der Waals surface area contributed by atoms with Crippen LogP contribution in [-0.2, 0) is 16.6 Å². The summed E-state index contributed by atoms with van der Waals surface area (Å²) in [7, 11) is -3.54. The van der Waals surface area contributed by atoms with Gasteiger partial charge in [0.1, 0.15) is 4.90 Å². The van der Waals surface area contributed by atoms with Gasteiger partial charge in [-0.05, 0) is 39.0 Å². The number of nitrogens with zero attached hydrogens (tertiary/aromatic N) is 3. The van der Waals surface area contributed by atoms with Crippen LogP contribution in [0.4, 0.5) is 0 Å². The Morgan fingerprint density at radius 3 is 2.74 bits per heavy atom. The highest BCUT2D eigenvalue weighted by molar-refractivity contribution is 7.89. The van der Waals surface area contributed by atoms with E-state index in [1.165, 1.54) is 0 Å². The second kappa shape index (κ2) is 5.86. The fourth-order valence-electron chi connectivity index (χ4n) is 4.28. The van der Waals surface area contributed by atoms with Gasteiger partial charge in [0.05, 0.1) is 11.3 Å². The first-order chi connectivity index (χ1) is 10.8. The molecule has 0 aromatic carbocycles. The van der Waals surface area contributed by atoms with E-state index in [0.717, 1.165) is 19.3 Å². The lowest BCUT2D eigenvalue weighted by Gasteiger charge is -2.40. The first-order valence-electron chi connectivity index (χ1n) is 8.58. The SMILES string of the molecule is CCn1cc(S(=O)(=O)N2C[C@H]3CCC[C@](O)(CC)[C@H]3C2)c(C)n1. The van der Waals surface area contributed by atoms with Crippen molar-refractivity contribution < 1.29 is 13.5 Å². The summed E-state index contributed by atoms with van der Waals surface area (Å²) < 4.78 is 29.3. The van der Waals surface area contributed by atoms with E-state index in [4.69, 9.17) is 0 Å². The van der Waals surface area contributed by atoms with Gasteiger partial charge in [0.2, 0.25) is 10.0 Å². The molecule has 1 aliphatic carbocycles. The Morgan fingerprint density at radius 2 is 2.13 bits per heavy atom. The monoisotopic (exact) mass is 341 g/mol. The van der Waals surface area contributed by atoms with Crippen molar-refractivity contribution >= 4 is 10.0 Å². The Hall–Kier alpha value is -0.920. The predicted octanol–water partition coefficient (Wildman–Crippen LogP) is 1.77. The van der Waals surface area contributed by atoms with E-state index in [-0.39, 0.29) is 11.8 Å². The number of hydrogen-bond donors (Lipinski definition) is 1. The summed E-state index contributed by atoms with van der Waals surface area (Å²) in [5.74, 6) is 0.322. The Kier molecular flexibility index (Phi) is 4.31. The maximum Gasteiger partial charge on any atom is 0.246 e. The first kappa shape index (κ1) is 16.9. The summed E-state index contributed by atoms with van der Waals surface area (Å²) >= 11 is 0. The maximum absolute atomic E-state index is 13.0. The molecule has 2 aliphatic rings. The fourth-order valence-corrected chi connectivity index (χ4v) is 5.97. The molecule has 0 bridgehead atoms. The molecule has 130 valence electrons. The van der Waals surface area contributed by atoms with Gasteiger partial charge in [0, 0.05) is 31.7 Å². The highest BCUT2D eigenvalue weighted by Crippen LogP contribution is 2.45. The van der Waals surface area contributed by atoms with Crippen molar-refractivity contribution in [3.05, 3.63) is 11.9 Å². The summed E-state index contributed by atoms with van der Waals surface area (Å²) in [4.78, 5) is 0.304. The van der Waals surface area contributed by atoms with Crippen LogP contribution in [0.15, 0.2) is 11.1 Å². The number of aliphatic hydroxyl groups is 1. The smallest absolute Gasteiger partial charge is 0.246 e. The van der Waals surface area contributed by atoms with Crippen LogP contribution in [-0.4, -0.2) is 46.3 Å². The van der Waals surface area contributed by atoms with E-state index in [9.17, 15) is 13.5 Å². The van der Waals surface area contributed by atoms with Crippen molar-refractivity contribution in [3.8, 4) is 0 Å². The third kappa shape index (κ3) is 2.72. The molecule has 3 atom stereocenters. The van der Waals surface area contributed by atoms with Gasteiger partial charge in [-0.3, -0.25) is 4.68 Å². The molecule has 1 aromatic rings. The van der Waals surface area contributed by atoms with E-state index in [0.29, 0.717) is 36.6 Å². The average Bonchev–Trinajstić information content (AvgIpc) is 3.12. The predicted molar refractivity (Wildman–Crippen MR) is 87.5 cm³/mol. The molecule has 0 amide bonds. The van der Waals surface area contributed by atoms with E-state index >= 15 is 0 Å². The zero-order chi connectivity index (χ0) is 16.8. The third-order valence-corrected chi connectivity index (χ3v) is 7.67. The largest absolute Gasteiger partial charge is 0.390 e. The molecule has 2 fully saturated rings. The number of sulfonamides is 1. The molecule has 1 saturated carbocycles. The molecular formula is C16H27N3O3S. The quantitative estimate of drug-likeness (QED) is 0.906. The van der Waals surface area contributed by atoms with Crippen LogP contribution >= 0.6 is 0 Å². The zero-order valence-electron chi connectivity index (χ0n) is 14.2. The molecule has 1 N–H and O–H groups in total. The minimum absolute atomic E-state index is 0.0533. The van der Waals surface area contributed by atoms with Crippen molar-refractivity contribution in [2.75, 3.05) is 13.1 Å². The summed E-state index contributed by atoms with van der Waals surface area (Å²) in [5.41, 5.74) is -0.164. The molecule has 3 rings (SSSR count). The number of fused-ring (bicyclic) bond motifs is 1. The van der Waals surface area contributed by atoms with Crippen molar-refractivity contribution in [2.24, 2.45) is 11.8 Å². The number of rotatable bonds is 4. The van der Waals surface area contributed by atoms with Gasteiger partial charge >= 0.3 is 0 Å². The van der Waals surface area contributed by atoms with Crippen LogP contribution < -0.4 is 0 Å². The van der Waals surface area contributed by atoms with Crippen molar-refractivity contribution in [1.82, 2.24) is 14.1 Å². The topological polar surface area (TPSA) is 75.4 Å². The molecule has 1 aliphatic heterocycles. The third-order valence-electron chi connectivity index (χ3n) is 5.74.